The molecule has 1 fully saturated rings. The summed E-state index contributed by atoms with van der Waals surface area (Å²) in [4.78, 5) is 13.2. The van der Waals surface area contributed by atoms with Gasteiger partial charge >= 0.3 is 0 Å². The highest BCUT2D eigenvalue weighted by Crippen LogP contribution is 2.09. The van der Waals surface area contributed by atoms with Gasteiger partial charge in [0.15, 0.2) is 0 Å². The highest BCUT2D eigenvalue weighted by molar-refractivity contribution is 5.79. The second-order valence-corrected chi connectivity index (χ2v) is 3.57. The molecule has 1 aliphatic heterocycles. The molecule has 14 heavy (non-hydrogen) atoms. The summed E-state index contributed by atoms with van der Waals surface area (Å²) in [6.45, 7) is 1.67. The first-order valence-corrected chi connectivity index (χ1v) is 4.99. The maximum absolute atomic E-state index is 11.3. The van der Waals surface area contributed by atoms with Gasteiger partial charge in [-0.2, -0.15) is 0 Å². The van der Waals surface area contributed by atoms with Gasteiger partial charge in [-0.3, -0.25) is 4.79 Å². The average molecular weight is 188 g/mol. The van der Waals surface area contributed by atoms with Crippen LogP contribution in [-0.2, 0) is 11.2 Å². The molecule has 1 aromatic rings. The van der Waals surface area contributed by atoms with Crippen LogP contribution in [0.3, 0.4) is 0 Å². The number of likely N-dealkylation sites (tertiary alicyclic amines) is 1. The van der Waals surface area contributed by atoms with Crippen molar-refractivity contribution >= 4 is 5.91 Å². The molecule has 2 rings (SSSR count). The lowest BCUT2D eigenvalue weighted by Crippen LogP contribution is -2.26. The number of hydrogen-bond acceptors (Lipinski definition) is 1. The van der Waals surface area contributed by atoms with Gasteiger partial charge in [0.1, 0.15) is 0 Å². The second kappa shape index (κ2) is 4.27. The average Bonchev–Trinajstić information content (AvgIpc) is 2.63. The van der Waals surface area contributed by atoms with Crippen LogP contribution in [0.1, 0.15) is 12.0 Å². The van der Waals surface area contributed by atoms with Crippen molar-refractivity contribution in [3.63, 3.8) is 0 Å². The van der Waals surface area contributed by atoms with Gasteiger partial charge in [-0.1, -0.05) is 30.3 Å². The molecule has 73 valence electrons. The van der Waals surface area contributed by atoms with E-state index in [1.165, 1.54) is 5.56 Å². The Morgan fingerprint density at radius 2 is 2.00 bits per heavy atom. The molecular weight excluding hydrogens is 174 g/mol. The number of carbonyl (C=O) groups excluding carboxylic acids is 1. The number of hydrogen-bond donors (Lipinski definition) is 0. The van der Waals surface area contributed by atoms with E-state index in [1.54, 1.807) is 0 Å². The van der Waals surface area contributed by atoms with Crippen LogP contribution < -0.4 is 0 Å². The third kappa shape index (κ3) is 2.13. The Bertz CT molecular complexity index is 307. The molecule has 1 aliphatic rings. The van der Waals surface area contributed by atoms with Crippen LogP contribution in [0.2, 0.25) is 0 Å². The summed E-state index contributed by atoms with van der Waals surface area (Å²) >= 11 is 0. The lowest BCUT2D eigenvalue weighted by atomic mass is 10.1. The van der Waals surface area contributed by atoms with Gasteiger partial charge < -0.3 is 4.90 Å². The lowest BCUT2D eigenvalue weighted by molar-refractivity contribution is -0.127. The fraction of sp³-hybridized carbons (Fsp3) is 0.333. The van der Waals surface area contributed by atoms with Crippen LogP contribution >= 0.6 is 0 Å². The maximum Gasteiger partial charge on any atom is 0.222 e. The van der Waals surface area contributed by atoms with Crippen LogP contribution in [0, 0.1) is 6.42 Å². The molecule has 0 bridgehead atoms. The zero-order valence-corrected chi connectivity index (χ0v) is 8.15. The fourth-order valence-corrected chi connectivity index (χ4v) is 1.70. The van der Waals surface area contributed by atoms with Crippen LogP contribution in [0.25, 0.3) is 0 Å². The summed E-state index contributed by atoms with van der Waals surface area (Å²) < 4.78 is 0. The molecular formula is C12H14NO. The van der Waals surface area contributed by atoms with Crippen molar-refractivity contribution in [1.29, 1.82) is 0 Å². The number of nitrogens with zero attached hydrogens (tertiary/aromatic N) is 1. The first kappa shape index (κ1) is 9.25. The standard InChI is InChI=1S/C12H14NO/c14-12-7-4-9-13(12)10-8-11-5-2-1-3-6-11/h1-6H,7-10H2. The predicted molar refractivity (Wildman–Crippen MR) is 55.6 cm³/mol. The fourth-order valence-electron chi connectivity index (χ4n) is 1.70. The van der Waals surface area contributed by atoms with E-state index in [0.29, 0.717) is 6.42 Å². The van der Waals surface area contributed by atoms with Crippen LogP contribution in [0.15, 0.2) is 30.3 Å². The number of rotatable bonds is 3. The number of amides is 1. The summed E-state index contributed by atoms with van der Waals surface area (Å²) in [5.74, 6) is 0.265. The smallest absolute Gasteiger partial charge is 0.222 e. The van der Waals surface area contributed by atoms with E-state index in [2.05, 4.69) is 12.1 Å². The van der Waals surface area contributed by atoms with Gasteiger partial charge in [0, 0.05) is 19.5 Å². The molecule has 0 atom stereocenters. The van der Waals surface area contributed by atoms with Gasteiger partial charge in [-0.15, -0.1) is 0 Å². The first-order chi connectivity index (χ1) is 6.86. The number of carbonyl (C=O) groups is 1. The Morgan fingerprint density at radius 1 is 1.21 bits per heavy atom. The second-order valence-electron chi connectivity index (χ2n) is 3.57. The van der Waals surface area contributed by atoms with Gasteiger partial charge in [0.25, 0.3) is 0 Å². The molecule has 2 nitrogen and oxygen atoms in total. The van der Waals surface area contributed by atoms with Crippen molar-refractivity contribution in [2.45, 2.75) is 12.8 Å². The Hall–Kier alpha value is -1.31. The molecule has 2 heteroatoms. The van der Waals surface area contributed by atoms with E-state index in [9.17, 15) is 4.79 Å². The lowest BCUT2D eigenvalue weighted by Gasteiger charge is -2.14. The zero-order chi connectivity index (χ0) is 9.80. The summed E-state index contributed by atoms with van der Waals surface area (Å²) in [7, 11) is 0. The van der Waals surface area contributed by atoms with E-state index >= 15 is 0 Å². The highest BCUT2D eigenvalue weighted by Gasteiger charge is 2.19. The van der Waals surface area contributed by atoms with Crippen LogP contribution in [-0.4, -0.2) is 23.9 Å². The van der Waals surface area contributed by atoms with E-state index in [-0.39, 0.29) is 5.91 Å². The minimum atomic E-state index is 0.265. The molecule has 1 saturated heterocycles. The van der Waals surface area contributed by atoms with Gasteiger partial charge in [-0.05, 0) is 18.4 Å². The third-order valence-corrected chi connectivity index (χ3v) is 2.53. The van der Waals surface area contributed by atoms with Crippen molar-refractivity contribution in [1.82, 2.24) is 4.90 Å². The zero-order valence-electron chi connectivity index (χ0n) is 8.15. The molecule has 1 heterocycles. The monoisotopic (exact) mass is 188 g/mol. The van der Waals surface area contributed by atoms with Gasteiger partial charge in [0.05, 0.1) is 0 Å². The molecule has 1 amide bonds. The minimum Gasteiger partial charge on any atom is -0.342 e. The molecule has 0 aromatic heterocycles. The Morgan fingerprint density at radius 3 is 2.64 bits per heavy atom. The number of benzene rings is 1. The molecule has 0 spiro atoms. The SMILES string of the molecule is O=C1C[CH]CN1CCc1ccccc1. The molecule has 0 unspecified atom stereocenters. The first-order valence-electron chi connectivity index (χ1n) is 4.99. The molecule has 0 aliphatic carbocycles. The van der Waals surface area contributed by atoms with Crippen LogP contribution in [0.5, 0.6) is 0 Å². The normalized spacial score (nSPS) is 16.3. The van der Waals surface area contributed by atoms with Crippen molar-refractivity contribution in [2.24, 2.45) is 0 Å². The summed E-state index contributed by atoms with van der Waals surface area (Å²) in [6, 6.07) is 10.3. The van der Waals surface area contributed by atoms with Crippen molar-refractivity contribution in [3.05, 3.63) is 42.3 Å². The van der Waals surface area contributed by atoms with Crippen LogP contribution in [0.4, 0.5) is 0 Å². The molecule has 1 aromatic carbocycles. The topological polar surface area (TPSA) is 20.3 Å². The third-order valence-electron chi connectivity index (χ3n) is 2.53. The Kier molecular flexibility index (Phi) is 2.82. The highest BCUT2D eigenvalue weighted by atomic mass is 16.2. The van der Waals surface area contributed by atoms with Gasteiger partial charge in [0.2, 0.25) is 5.91 Å². The van der Waals surface area contributed by atoms with E-state index in [0.717, 1.165) is 19.5 Å². The Labute approximate surface area is 84.5 Å². The van der Waals surface area contributed by atoms with Gasteiger partial charge in [-0.25, -0.2) is 0 Å². The van der Waals surface area contributed by atoms with Crippen molar-refractivity contribution in [2.75, 3.05) is 13.1 Å². The van der Waals surface area contributed by atoms with E-state index < -0.39 is 0 Å². The van der Waals surface area contributed by atoms with E-state index in [1.807, 2.05) is 29.5 Å². The van der Waals surface area contributed by atoms with Crippen molar-refractivity contribution in [3.8, 4) is 0 Å². The maximum atomic E-state index is 11.3. The predicted octanol–water partition coefficient (Wildman–Crippen LogP) is 1.67. The minimum absolute atomic E-state index is 0.265. The van der Waals surface area contributed by atoms with Crippen molar-refractivity contribution < 1.29 is 4.79 Å². The molecule has 1 radical (unpaired) electrons. The summed E-state index contributed by atoms with van der Waals surface area (Å²) in [6.07, 6.45) is 3.61. The molecule has 0 saturated carbocycles. The summed E-state index contributed by atoms with van der Waals surface area (Å²) in [5, 5.41) is 0. The quantitative estimate of drug-likeness (QED) is 0.706. The summed E-state index contributed by atoms with van der Waals surface area (Å²) in [5.41, 5.74) is 1.30. The Balaban J connectivity index is 1.85. The van der Waals surface area contributed by atoms with E-state index in [4.69, 9.17) is 0 Å². The largest absolute Gasteiger partial charge is 0.342 e. The molecule has 0 N–H and O–H groups in total.